The molecule has 1 rings (SSSR count). The highest BCUT2D eigenvalue weighted by molar-refractivity contribution is 7.99. The first-order valence-electron chi connectivity index (χ1n) is 4.92. The summed E-state index contributed by atoms with van der Waals surface area (Å²) in [5.41, 5.74) is 0.372. The number of hydrogen-bond donors (Lipinski definition) is 2. The van der Waals surface area contributed by atoms with Gasteiger partial charge in [0.15, 0.2) is 0 Å². The summed E-state index contributed by atoms with van der Waals surface area (Å²) < 4.78 is -0.0000857. The number of pyridine rings is 1. The number of nitrogens with one attached hydrogen (secondary N) is 1. The number of thioether (sulfide) groups is 1. The number of aromatic nitrogens is 1. The van der Waals surface area contributed by atoms with Gasteiger partial charge < -0.3 is 10.4 Å². The van der Waals surface area contributed by atoms with Crippen LogP contribution in [-0.4, -0.2) is 33.5 Å². The number of amides is 1. The molecule has 0 aromatic carbocycles. The zero-order valence-electron chi connectivity index (χ0n) is 9.65. The summed E-state index contributed by atoms with van der Waals surface area (Å²) in [5.74, 6) is -0.220. The maximum Gasteiger partial charge on any atom is 0.253 e. The molecular formula is C11H16N2O2S. The molecule has 0 bridgehead atoms. The smallest absolute Gasteiger partial charge is 0.253 e. The van der Waals surface area contributed by atoms with Crippen LogP contribution in [-0.2, 0) is 0 Å². The summed E-state index contributed by atoms with van der Waals surface area (Å²) >= 11 is 1.69. The van der Waals surface area contributed by atoms with Gasteiger partial charge in [-0.2, -0.15) is 11.8 Å². The lowest BCUT2D eigenvalue weighted by atomic mass is 10.2. The molecule has 5 heteroatoms. The van der Waals surface area contributed by atoms with Crippen LogP contribution in [0.15, 0.2) is 18.5 Å². The summed E-state index contributed by atoms with van der Waals surface area (Å²) in [5, 5.41) is 12.0. The number of nitrogens with zero attached hydrogens (tertiary/aromatic N) is 1. The van der Waals surface area contributed by atoms with Gasteiger partial charge in [0, 0.05) is 17.5 Å². The van der Waals surface area contributed by atoms with Gasteiger partial charge in [-0.1, -0.05) is 0 Å². The van der Waals surface area contributed by atoms with Crippen LogP contribution >= 0.6 is 11.8 Å². The number of carbonyl (C=O) groups is 1. The van der Waals surface area contributed by atoms with Gasteiger partial charge in [-0.3, -0.25) is 9.78 Å². The average Bonchev–Trinajstić information content (AvgIpc) is 2.26. The molecule has 0 saturated heterocycles. The Morgan fingerprint density at radius 3 is 2.81 bits per heavy atom. The molecule has 0 fully saturated rings. The lowest BCUT2D eigenvalue weighted by molar-refractivity contribution is 0.0950. The molecule has 0 radical (unpaired) electrons. The lowest BCUT2D eigenvalue weighted by Crippen LogP contribution is -2.36. The van der Waals surface area contributed by atoms with Crippen molar-refractivity contribution in [2.75, 3.05) is 12.8 Å². The number of aromatic hydroxyl groups is 1. The van der Waals surface area contributed by atoms with Crippen LogP contribution in [0.4, 0.5) is 0 Å². The fourth-order valence-corrected chi connectivity index (χ4v) is 1.24. The van der Waals surface area contributed by atoms with Crippen molar-refractivity contribution in [3.8, 4) is 5.75 Å². The van der Waals surface area contributed by atoms with E-state index in [0.29, 0.717) is 12.1 Å². The van der Waals surface area contributed by atoms with Crippen molar-refractivity contribution in [3.05, 3.63) is 24.0 Å². The van der Waals surface area contributed by atoms with Gasteiger partial charge in [0.05, 0.1) is 11.8 Å². The second-order valence-corrected chi connectivity index (χ2v) is 5.59. The summed E-state index contributed by atoms with van der Waals surface area (Å²) in [6.07, 6.45) is 4.73. The van der Waals surface area contributed by atoms with E-state index in [1.165, 1.54) is 18.5 Å². The van der Waals surface area contributed by atoms with Crippen molar-refractivity contribution in [1.82, 2.24) is 10.3 Å². The molecular weight excluding hydrogens is 224 g/mol. The molecule has 1 amide bonds. The third-order valence-electron chi connectivity index (χ3n) is 2.21. The molecule has 0 aliphatic carbocycles. The zero-order chi connectivity index (χ0) is 12.2. The number of rotatable bonds is 4. The van der Waals surface area contributed by atoms with Crippen molar-refractivity contribution in [3.63, 3.8) is 0 Å². The molecule has 0 atom stereocenters. The minimum absolute atomic E-state index is 0.0000857. The monoisotopic (exact) mass is 240 g/mol. The van der Waals surface area contributed by atoms with Crippen molar-refractivity contribution >= 4 is 17.7 Å². The Balaban J connectivity index is 2.60. The van der Waals surface area contributed by atoms with Crippen molar-refractivity contribution in [2.45, 2.75) is 18.6 Å². The van der Waals surface area contributed by atoms with E-state index in [0.717, 1.165) is 0 Å². The summed E-state index contributed by atoms with van der Waals surface area (Å²) in [6, 6.07) is 1.40. The van der Waals surface area contributed by atoms with Gasteiger partial charge in [-0.05, 0) is 26.2 Å². The molecule has 88 valence electrons. The normalized spacial score (nSPS) is 11.2. The molecule has 0 saturated carbocycles. The molecule has 0 spiro atoms. The topological polar surface area (TPSA) is 62.2 Å². The van der Waals surface area contributed by atoms with E-state index in [4.69, 9.17) is 0 Å². The highest BCUT2D eigenvalue weighted by Gasteiger charge is 2.17. The molecule has 0 aliphatic heterocycles. The molecule has 0 unspecified atom stereocenters. The van der Waals surface area contributed by atoms with E-state index in [1.807, 2.05) is 6.26 Å². The van der Waals surface area contributed by atoms with Crippen LogP contribution in [0.1, 0.15) is 24.2 Å². The number of hydrogen-bond acceptors (Lipinski definition) is 4. The fraction of sp³-hybridized carbons (Fsp3) is 0.455. The van der Waals surface area contributed by atoms with E-state index in [2.05, 4.69) is 24.1 Å². The van der Waals surface area contributed by atoms with Crippen LogP contribution in [0, 0.1) is 0 Å². The third kappa shape index (κ3) is 3.73. The molecule has 1 aromatic heterocycles. The Kier molecular flexibility index (Phi) is 4.18. The predicted molar refractivity (Wildman–Crippen MR) is 65.8 cm³/mol. The Hall–Kier alpha value is -1.23. The van der Waals surface area contributed by atoms with E-state index in [9.17, 15) is 9.90 Å². The lowest BCUT2D eigenvalue weighted by Gasteiger charge is -2.22. The Morgan fingerprint density at radius 1 is 1.56 bits per heavy atom. The molecule has 0 aliphatic rings. The summed E-state index contributed by atoms with van der Waals surface area (Å²) in [7, 11) is 0. The van der Waals surface area contributed by atoms with Crippen molar-refractivity contribution < 1.29 is 9.90 Å². The highest BCUT2D eigenvalue weighted by atomic mass is 32.2. The predicted octanol–water partition coefficient (Wildman–Crippen LogP) is 1.66. The van der Waals surface area contributed by atoms with E-state index >= 15 is 0 Å². The third-order valence-corrected chi connectivity index (χ3v) is 3.46. The minimum Gasteiger partial charge on any atom is -0.506 e. The maximum absolute atomic E-state index is 11.7. The maximum atomic E-state index is 11.7. The van der Waals surface area contributed by atoms with Gasteiger partial charge in [0.1, 0.15) is 5.75 Å². The van der Waals surface area contributed by atoms with Crippen molar-refractivity contribution in [2.24, 2.45) is 0 Å². The minimum atomic E-state index is -0.217. The van der Waals surface area contributed by atoms with Gasteiger partial charge in [-0.15, -0.1) is 0 Å². The van der Waals surface area contributed by atoms with Crippen LogP contribution < -0.4 is 5.32 Å². The van der Waals surface area contributed by atoms with Gasteiger partial charge in [0.2, 0.25) is 0 Å². The quantitative estimate of drug-likeness (QED) is 0.840. The first-order chi connectivity index (χ1) is 7.44. The second-order valence-electron chi connectivity index (χ2n) is 4.08. The highest BCUT2D eigenvalue weighted by Crippen LogP contribution is 2.19. The molecule has 16 heavy (non-hydrogen) atoms. The number of carbonyl (C=O) groups excluding carboxylic acids is 1. The second kappa shape index (κ2) is 5.21. The molecule has 1 heterocycles. The average molecular weight is 240 g/mol. The van der Waals surface area contributed by atoms with Crippen LogP contribution in [0.25, 0.3) is 0 Å². The Morgan fingerprint density at radius 2 is 2.25 bits per heavy atom. The largest absolute Gasteiger partial charge is 0.506 e. The summed E-state index contributed by atoms with van der Waals surface area (Å²) in [4.78, 5) is 15.4. The molecule has 1 aromatic rings. The SMILES string of the molecule is CSC(C)(C)CNC(=O)c1cncc(O)c1. The standard InChI is InChI=1S/C11H16N2O2S/c1-11(2,16-3)7-13-10(15)8-4-9(14)6-12-5-8/h4-6,14H,7H2,1-3H3,(H,13,15). The Labute approximate surface area is 99.5 Å². The molecule has 4 nitrogen and oxygen atoms in total. The van der Waals surface area contributed by atoms with Gasteiger partial charge in [-0.25, -0.2) is 0 Å². The summed E-state index contributed by atoms with van der Waals surface area (Å²) in [6.45, 7) is 4.68. The van der Waals surface area contributed by atoms with E-state index in [-0.39, 0.29) is 16.4 Å². The van der Waals surface area contributed by atoms with Crippen LogP contribution in [0.5, 0.6) is 5.75 Å². The first kappa shape index (κ1) is 12.8. The van der Waals surface area contributed by atoms with E-state index in [1.54, 1.807) is 11.8 Å². The Bertz CT molecular complexity index is 380. The van der Waals surface area contributed by atoms with Gasteiger partial charge >= 0.3 is 0 Å². The fourth-order valence-electron chi connectivity index (χ4n) is 1.02. The van der Waals surface area contributed by atoms with Crippen LogP contribution in [0.2, 0.25) is 0 Å². The first-order valence-corrected chi connectivity index (χ1v) is 6.14. The van der Waals surface area contributed by atoms with Crippen LogP contribution in [0.3, 0.4) is 0 Å². The zero-order valence-corrected chi connectivity index (χ0v) is 10.5. The van der Waals surface area contributed by atoms with E-state index < -0.39 is 0 Å². The molecule has 2 N–H and O–H groups in total. The van der Waals surface area contributed by atoms with Crippen molar-refractivity contribution in [1.29, 1.82) is 0 Å². The van der Waals surface area contributed by atoms with Gasteiger partial charge in [0.25, 0.3) is 5.91 Å².